The molecule has 1 atom stereocenters. The summed E-state index contributed by atoms with van der Waals surface area (Å²) in [6, 6.07) is 11.4. The van der Waals surface area contributed by atoms with Crippen LogP contribution in [0.1, 0.15) is 58.0 Å². The smallest absolute Gasteiger partial charge is 0.257 e. The quantitative estimate of drug-likeness (QED) is 0.865. The molecule has 0 radical (unpaired) electrons. The number of hydrogen-bond acceptors (Lipinski definition) is 3. The molecule has 4 rings (SSSR count). The van der Waals surface area contributed by atoms with Gasteiger partial charge in [-0.05, 0) is 81.5 Å². The monoisotopic (exact) mass is 377 g/mol. The van der Waals surface area contributed by atoms with Gasteiger partial charge in [0.15, 0.2) is 0 Å². The number of nitrogens with zero attached hydrogens (tertiary/aromatic N) is 2. The van der Waals surface area contributed by atoms with Crippen LogP contribution in [-0.4, -0.2) is 36.0 Å². The summed E-state index contributed by atoms with van der Waals surface area (Å²) in [5, 5.41) is 2.99. The highest BCUT2D eigenvalue weighted by Crippen LogP contribution is 2.35. The zero-order valence-electron chi connectivity index (χ0n) is 16.8. The molecule has 0 saturated carbocycles. The summed E-state index contributed by atoms with van der Waals surface area (Å²) in [7, 11) is 0. The lowest BCUT2D eigenvalue weighted by atomic mass is 9.97. The van der Waals surface area contributed by atoms with E-state index in [0.717, 1.165) is 54.9 Å². The third-order valence-electron chi connectivity index (χ3n) is 5.71. The molecular formula is C23H27N3O2. The van der Waals surface area contributed by atoms with Crippen molar-refractivity contribution in [1.29, 1.82) is 0 Å². The highest BCUT2D eigenvalue weighted by Gasteiger charge is 2.38. The van der Waals surface area contributed by atoms with E-state index in [2.05, 4.69) is 23.2 Å². The summed E-state index contributed by atoms with van der Waals surface area (Å²) in [4.78, 5) is 30.1. The molecule has 28 heavy (non-hydrogen) atoms. The molecule has 0 unspecified atom stereocenters. The van der Waals surface area contributed by atoms with Gasteiger partial charge in [0, 0.05) is 24.3 Å². The summed E-state index contributed by atoms with van der Waals surface area (Å²) in [6.07, 6.45) is 3.29. The van der Waals surface area contributed by atoms with Gasteiger partial charge >= 0.3 is 0 Å². The number of nitrogens with one attached hydrogen (secondary N) is 1. The number of hydrogen-bond donors (Lipinski definition) is 1. The Morgan fingerprint density at radius 2 is 1.86 bits per heavy atom. The molecule has 1 N–H and O–H groups in total. The predicted molar refractivity (Wildman–Crippen MR) is 112 cm³/mol. The van der Waals surface area contributed by atoms with E-state index in [0.29, 0.717) is 11.1 Å². The second-order valence-electron chi connectivity index (χ2n) is 7.82. The lowest BCUT2D eigenvalue weighted by Gasteiger charge is -2.47. The predicted octanol–water partition coefficient (Wildman–Crippen LogP) is 4.35. The van der Waals surface area contributed by atoms with Crippen LogP contribution >= 0.6 is 0 Å². The number of piperidine rings is 1. The second-order valence-corrected chi connectivity index (χ2v) is 7.82. The maximum Gasteiger partial charge on any atom is 0.257 e. The molecule has 1 fully saturated rings. The minimum absolute atomic E-state index is 0.0886. The molecule has 5 nitrogen and oxygen atoms in total. The normalized spacial score (nSPS) is 18.5. The number of fused-ring (bicyclic) bond motifs is 2. The number of benzene rings is 2. The molecule has 2 aliphatic heterocycles. The molecule has 5 heteroatoms. The van der Waals surface area contributed by atoms with Crippen molar-refractivity contribution in [3.63, 3.8) is 0 Å². The van der Waals surface area contributed by atoms with E-state index in [1.54, 1.807) is 6.07 Å². The van der Waals surface area contributed by atoms with Gasteiger partial charge in [-0.3, -0.25) is 9.59 Å². The largest absolute Gasteiger partial charge is 0.351 e. The first-order valence-corrected chi connectivity index (χ1v) is 10.1. The van der Waals surface area contributed by atoms with Crippen molar-refractivity contribution in [2.24, 2.45) is 0 Å². The Bertz CT molecular complexity index is 917. The average Bonchev–Trinajstić information content (AvgIpc) is 2.67. The number of rotatable bonds is 3. The lowest BCUT2D eigenvalue weighted by Crippen LogP contribution is -2.57. The lowest BCUT2D eigenvalue weighted by molar-refractivity contribution is 0.0582. The van der Waals surface area contributed by atoms with E-state index < -0.39 is 0 Å². The highest BCUT2D eigenvalue weighted by molar-refractivity contribution is 6.08. The molecule has 2 aromatic carbocycles. The van der Waals surface area contributed by atoms with E-state index in [9.17, 15) is 9.59 Å². The van der Waals surface area contributed by atoms with E-state index >= 15 is 0 Å². The van der Waals surface area contributed by atoms with E-state index in [4.69, 9.17) is 0 Å². The standard InChI is InChI=1S/C23H27N3O2/c1-4-25-20-14-17(22(27)24-18-12-15(2)11-16(3)13-18)8-9-19(20)23(28)26-10-6-5-7-21(25)26/h8-9,11-14,21H,4-7,10H2,1-3H3,(H,24,27)/t21-/m1/s1. The van der Waals surface area contributed by atoms with Crippen LogP contribution in [-0.2, 0) is 0 Å². The zero-order chi connectivity index (χ0) is 19.8. The summed E-state index contributed by atoms with van der Waals surface area (Å²) < 4.78 is 0. The van der Waals surface area contributed by atoms with Gasteiger partial charge in [0.2, 0.25) is 0 Å². The van der Waals surface area contributed by atoms with Gasteiger partial charge in [-0.25, -0.2) is 0 Å². The first-order valence-electron chi connectivity index (χ1n) is 10.1. The number of carbonyl (C=O) groups excluding carboxylic acids is 2. The number of carbonyl (C=O) groups is 2. The van der Waals surface area contributed by atoms with Crippen molar-refractivity contribution in [2.45, 2.75) is 46.2 Å². The molecule has 2 heterocycles. The van der Waals surface area contributed by atoms with Crippen LogP contribution in [0.4, 0.5) is 11.4 Å². The molecule has 2 aromatic rings. The third-order valence-corrected chi connectivity index (χ3v) is 5.71. The first-order chi connectivity index (χ1) is 13.5. The van der Waals surface area contributed by atoms with Crippen molar-refractivity contribution in [3.05, 3.63) is 58.7 Å². The Hall–Kier alpha value is -2.82. The summed E-state index contributed by atoms with van der Waals surface area (Å²) in [6.45, 7) is 7.76. The van der Waals surface area contributed by atoms with Crippen molar-refractivity contribution in [1.82, 2.24) is 4.90 Å². The fourth-order valence-electron chi connectivity index (χ4n) is 4.51. The summed E-state index contributed by atoms with van der Waals surface area (Å²) >= 11 is 0. The van der Waals surface area contributed by atoms with Crippen molar-refractivity contribution < 1.29 is 9.59 Å². The maximum absolute atomic E-state index is 13.0. The number of anilines is 2. The van der Waals surface area contributed by atoms with E-state index in [1.165, 1.54) is 0 Å². The van der Waals surface area contributed by atoms with Gasteiger partial charge < -0.3 is 15.1 Å². The van der Waals surface area contributed by atoms with Gasteiger partial charge in [0.05, 0.1) is 11.3 Å². The Balaban J connectivity index is 1.66. The van der Waals surface area contributed by atoms with Crippen molar-refractivity contribution in [3.8, 4) is 0 Å². The van der Waals surface area contributed by atoms with Crippen LogP contribution in [0.25, 0.3) is 0 Å². The molecule has 0 spiro atoms. The van der Waals surface area contributed by atoms with Gasteiger partial charge in [0.1, 0.15) is 6.17 Å². The van der Waals surface area contributed by atoms with Crippen molar-refractivity contribution >= 4 is 23.2 Å². The highest BCUT2D eigenvalue weighted by atomic mass is 16.2. The molecule has 146 valence electrons. The van der Waals surface area contributed by atoms with Gasteiger partial charge in [-0.1, -0.05) is 6.07 Å². The third kappa shape index (κ3) is 3.26. The molecule has 1 saturated heterocycles. The van der Waals surface area contributed by atoms with E-state index in [-0.39, 0.29) is 18.0 Å². The van der Waals surface area contributed by atoms with Gasteiger partial charge in [0.25, 0.3) is 11.8 Å². The minimum atomic E-state index is -0.151. The van der Waals surface area contributed by atoms with Crippen LogP contribution in [0.3, 0.4) is 0 Å². The topological polar surface area (TPSA) is 52.7 Å². The Kier molecular flexibility index (Phi) is 4.84. The molecule has 0 aliphatic carbocycles. The van der Waals surface area contributed by atoms with Gasteiger partial charge in [-0.2, -0.15) is 0 Å². The van der Waals surface area contributed by atoms with Crippen LogP contribution in [0.5, 0.6) is 0 Å². The first kappa shape index (κ1) is 18.5. The summed E-state index contributed by atoms with van der Waals surface area (Å²) in [5.74, 6) is -0.0620. The van der Waals surface area contributed by atoms with E-state index in [1.807, 2.05) is 43.0 Å². The van der Waals surface area contributed by atoms with Crippen molar-refractivity contribution in [2.75, 3.05) is 23.3 Å². The van der Waals surface area contributed by atoms with Gasteiger partial charge in [-0.15, -0.1) is 0 Å². The molecule has 0 bridgehead atoms. The Morgan fingerprint density at radius 3 is 2.57 bits per heavy atom. The SMILES string of the molecule is CCN1c2cc(C(=O)Nc3cc(C)cc(C)c3)ccc2C(=O)N2CCCC[C@@H]21. The Morgan fingerprint density at radius 1 is 1.11 bits per heavy atom. The fourth-order valence-corrected chi connectivity index (χ4v) is 4.51. The zero-order valence-corrected chi connectivity index (χ0v) is 16.8. The summed E-state index contributed by atoms with van der Waals surface area (Å²) in [5.41, 5.74) is 5.17. The Labute approximate surface area is 166 Å². The molecule has 2 aliphatic rings. The van der Waals surface area contributed by atoms with Crippen LogP contribution in [0, 0.1) is 13.8 Å². The molecule has 2 amide bonds. The number of aryl methyl sites for hydroxylation is 2. The molecular weight excluding hydrogens is 350 g/mol. The van der Waals surface area contributed by atoms with Crippen LogP contribution in [0.15, 0.2) is 36.4 Å². The average molecular weight is 377 g/mol. The van der Waals surface area contributed by atoms with Crippen LogP contribution < -0.4 is 10.2 Å². The maximum atomic E-state index is 13.0. The second kappa shape index (κ2) is 7.30. The molecule has 0 aromatic heterocycles. The fraction of sp³-hybridized carbons (Fsp3) is 0.391. The number of amides is 2. The van der Waals surface area contributed by atoms with Crippen LogP contribution in [0.2, 0.25) is 0 Å². The minimum Gasteiger partial charge on any atom is -0.351 e.